The van der Waals surface area contributed by atoms with Gasteiger partial charge in [0.15, 0.2) is 21.8 Å². The number of benzene rings is 2. The van der Waals surface area contributed by atoms with Crippen LogP contribution in [0.3, 0.4) is 0 Å². The standard InChI is InChI=1S/C27H30F2N4O4S/c1-38(35,36)19-2-3-20(22(16-19)32-10-6-26(4-5-26)7-11-32)25(34)31-18-14-21-24(37-17-30-21)23(15-18)33-12-8-27(28,29)9-13-33/h2-3,14-17H,4-13H2,1H3,(H,31,34). The first-order valence-electron chi connectivity index (χ1n) is 12.9. The maximum Gasteiger partial charge on any atom is 0.257 e. The Bertz CT molecular complexity index is 1500. The summed E-state index contributed by atoms with van der Waals surface area (Å²) in [5.41, 5.74) is 3.45. The second-order valence-electron chi connectivity index (χ2n) is 10.9. The average Bonchev–Trinajstić information content (AvgIpc) is 3.45. The van der Waals surface area contributed by atoms with Crippen LogP contribution in [0, 0.1) is 5.41 Å². The number of aromatic nitrogens is 1. The average molecular weight is 545 g/mol. The third kappa shape index (κ3) is 4.83. The number of amides is 1. The van der Waals surface area contributed by atoms with Gasteiger partial charge in [-0.05, 0) is 61.4 Å². The van der Waals surface area contributed by atoms with Gasteiger partial charge in [0, 0.05) is 51.0 Å². The Balaban J connectivity index is 1.31. The number of hydrogen-bond acceptors (Lipinski definition) is 7. The van der Waals surface area contributed by atoms with Crippen LogP contribution in [0.5, 0.6) is 0 Å². The van der Waals surface area contributed by atoms with Gasteiger partial charge in [-0.3, -0.25) is 4.79 Å². The lowest BCUT2D eigenvalue weighted by molar-refractivity contribution is -0.0220. The van der Waals surface area contributed by atoms with Gasteiger partial charge in [-0.15, -0.1) is 0 Å². The van der Waals surface area contributed by atoms with Gasteiger partial charge in [0.1, 0.15) is 5.52 Å². The van der Waals surface area contributed by atoms with Crippen LogP contribution in [0.2, 0.25) is 0 Å². The minimum absolute atomic E-state index is 0.160. The maximum atomic E-state index is 13.8. The fraction of sp³-hybridized carbons (Fsp3) is 0.481. The lowest BCUT2D eigenvalue weighted by Gasteiger charge is -2.35. The first kappa shape index (κ1) is 25.1. The third-order valence-electron chi connectivity index (χ3n) is 8.27. The predicted octanol–water partition coefficient (Wildman–Crippen LogP) is 5.10. The van der Waals surface area contributed by atoms with Crippen LogP contribution < -0.4 is 15.1 Å². The van der Waals surface area contributed by atoms with E-state index in [0.717, 1.165) is 32.2 Å². The third-order valence-corrected chi connectivity index (χ3v) is 9.38. The number of halogens is 2. The summed E-state index contributed by atoms with van der Waals surface area (Å²) in [7, 11) is -3.46. The van der Waals surface area contributed by atoms with E-state index in [4.69, 9.17) is 4.42 Å². The topological polar surface area (TPSA) is 95.8 Å². The van der Waals surface area contributed by atoms with Crippen molar-refractivity contribution in [2.75, 3.05) is 47.6 Å². The Hall–Kier alpha value is -3.21. The quantitative estimate of drug-likeness (QED) is 0.478. The number of carbonyl (C=O) groups is 1. The molecule has 1 saturated carbocycles. The van der Waals surface area contributed by atoms with E-state index in [1.54, 1.807) is 24.3 Å². The lowest BCUT2D eigenvalue weighted by atomic mass is 9.93. The molecule has 11 heteroatoms. The van der Waals surface area contributed by atoms with Gasteiger partial charge >= 0.3 is 0 Å². The fourth-order valence-corrected chi connectivity index (χ4v) is 6.27. The van der Waals surface area contributed by atoms with Crippen molar-refractivity contribution in [1.82, 2.24) is 4.98 Å². The van der Waals surface area contributed by atoms with E-state index in [0.29, 0.717) is 39.1 Å². The molecule has 6 rings (SSSR count). The molecule has 3 heterocycles. The number of alkyl halides is 2. The molecule has 1 aromatic heterocycles. The van der Waals surface area contributed by atoms with Gasteiger partial charge < -0.3 is 19.5 Å². The summed E-state index contributed by atoms with van der Waals surface area (Å²) >= 11 is 0. The van der Waals surface area contributed by atoms with Crippen LogP contribution in [0.25, 0.3) is 11.1 Å². The lowest BCUT2D eigenvalue weighted by Crippen LogP contribution is -2.39. The second-order valence-corrected chi connectivity index (χ2v) is 12.9. The number of fused-ring (bicyclic) bond motifs is 1. The number of anilines is 3. The highest BCUT2D eigenvalue weighted by Gasteiger charge is 2.44. The Morgan fingerprint density at radius 2 is 1.61 bits per heavy atom. The molecule has 1 amide bonds. The van der Waals surface area contributed by atoms with E-state index in [1.807, 2.05) is 4.90 Å². The highest BCUT2D eigenvalue weighted by atomic mass is 32.2. The molecule has 2 aliphatic heterocycles. The summed E-state index contributed by atoms with van der Waals surface area (Å²) in [5, 5.41) is 2.93. The zero-order valence-electron chi connectivity index (χ0n) is 21.2. The molecular formula is C27H30F2N4O4S. The molecule has 1 aliphatic carbocycles. The van der Waals surface area contributed by atoms with Crippen molar-refractivity contribution in [2.45, 2.75) is 49.3 Å². The van der Waals surface area contributed by atoms with Crippen molar-refractivity contribution in [3.63, 3.8) is 0 Å². The molecule has 1 spiro atoms. The number of nitrogens with one attached hydrogen (secondary N) is 1. The van der Waals surface area contributed by atoms with Gasteiger partial charge in [0.2, 0.25) is 0 Å². The van der Waals surface area contributed by atoms with E-state index < -0.39 is 15.8 Å². The van der Waals surface area contributed by atoms with Gasteiger partial charge in [-0.2, -0.15) is 0 Å². The van der Waals surface area contributed by atoms with Gasteiger partial charge in [0.25, 0.3) is 11.8 Å². The largest absolute Gasteiger partial charge is 0.441 e. The van der Waals surface area contributed by atoms with Crippen molar-refractivity contribution in [3.8, 4) is 0 Å². The van der Waals surface area contributed by atoms with Crippen molar-refractivity contribution >= 4 is 43.9 Å². The minimum Gasteiger partial charge on any atom is -0.441 e. The highest BCUT2D eigenvalue weighted by Crippen LogP contribution is 2.54. The van der Waals surface area contributed by atoms with Crippen molar-refractivity contribution < 1.29 is 26.4 Å². The van der Waals surface area contributed by atoms with Crippen LogP contribution in [-0.2, 0) is 9.84 Å². The van der Waals surface area contributed by atoms with E-state index in [1.165, 1.54) is 25.3 Å². The molecule has 0 bridgehead atoms. The number of nitrogens with zero attached hydrogens (tertiary/aromatic N) is 3. The fourth-order valence-electron chi connectivity index (χ4n) is 5.63. The summed E-state index contributed by atoms with van der Waals surface area (Å²) in [6.45, 7) is 1.85. The van der Waals surface area contributed by atoms with Gasteiger partial charge in [-0.25, -0.2) is 22.2 Å². The monoisotopic (exact) mass is 544 g/mol. The first-order valence-corrected chi connectivity index (χ1v) is 14.8. The van der Waals surface area contributed by atoms with Crippen LogP contribution >= 0.6 is 0 Å². The summed E-state index contributed by atoms with van der Waals surface area (Å²) in [5.74, 6) is -3.07. The maximum absolute atomic E-state index is 13.8. The molecule has 0 atom stereocenters. The van der Waals surface area contributed by atoms with Crippen LogP contribution in [-0.4, -0.2) is 57.7 Å². The number of sulfone groups is 1. The normalized spacial score (nSPS) is 20.6. The zero-order chi connectivity index (χ0) is 26.7. The molecule has 3 aromatic rings. The molecule has 2 saturated heterocycles. The Labute approximate surface area is 219 Å². The van der Waals surface area contributed by atoms with E-state index in [9.17, 15) is 22.0 Å². The van der Waals surface area contributed by atoms with Gasteiger partial charge in [0.05, 0.1) is 21.8 Å². The van der Waals surface area contributed by atoms with Crippen molar-refractivity contribution in [1.29, 1.82) is 0 Å². The molecule has 0 radical (unpaired) electrons. The SMILES string of the molecule is CS(=O)(=O)c1ccc(C(=O)Nc2cc(N3CCC(F)(F)CC3)c3ocnc3c2)c(N2CCC3(CC2)CC3)c1. The van der Waals surface area contributed by atoms with E-state index in [-0.39, 0.29) is 36.7 Å². The second kappa shape index (κ2) is 8.93. The Morgan fingerprint density at radius 3 is 2.26 bits per heavy atom. The highest BCUT2D eigenvalue weighted by molar-refractivity contribution is 7.90. The Morgan fingerprint density at radius 1 is 0.947 bits per heavy atom. The van der Waals surface area contributed by atoms with E-state index >= 15 is 0 Å². The molecular weight excluding hydrogens is 514 g/mol. The predicted molar refractivity (Wildman–Crippen MR) is 141 cm³/mol. The smallest absolute Gasteiger partial charge is 0.257 e. The van der Waals surface area contributed by atoms with Crippen LogP contribution in [0.4, 0.5) is 25.8 Å². The molecule has 2 aromatic carbocycles. The first-order chi connectivity index (χ1) is 18.0. The van der Waals surface area contributed by atoms with Crippen LogP contribution in [0.1, 0.15) is 48.9 Å². The van der Waals surface area contributed by atoms with E-state index in [2.05, 4.69) is 15.2 Å². The molecule has 3 fully saturated rings. The number of oxazole rings is 1. The molecule has 38 heavy (non-hydrogen) atoms. The molecule has 0 unspecified atom stereocenters. The summed E-state index contributed by atoms with van der Waals surface area (Å²) in [6, 6.07) is 8.01. The number of carbonyl (C=O) groups excluding carboxylic acids is 1. The summed E-state index contributed by atoms with van der Waals surface area (Å²) in [6.07, 6.45) is 6.46. The number of rotatable bonds is 5. The van der Waals surface area contributed by atoms with Crippen molar-refractivity contribution in [3.05, 3.63) is 42.3 Å². The summed E-state index contributed by atoms with van der Waals surface area (Å²) in [4.78, 5) is 21.9. The number of piperidine rings is 2. The van der Waals surface area contributed by atoms with Crippen LogP contribution in [0.15, 0.2) is 46.0 Å². The Kier molecular flexibility index (Phi) is 5.89. The molecule has 3 aliphatic rings. The molecule has 8 nitrogen and oxygen atoms in total. The minimum atomic E-state index is -3.46. The zero-order valence-corrected chi connectivity index (χ0v) is 22.0. The summed E-state index contributed by atoms with van der Waals surface area (Å²) < 4.78 is 57.7. The van der Waals surface area contributed by atoms with Crippen molar-refractivity contribution in [2.24, 2.45) is 5.41 Å². The number of hydrogen-bond donors (Lipinski definition) is 1. The molecule has 1 N–H and O–H groups in total. The molecule has 202 valence electrons. The van der Waals surface area contributed by atoms with Gasteiger partial charge in [-0.1, -0.05) is 0 Å².